The maximum absolute atomic E-state index is 5.45. The maximum atomic E-state index is 5.45. The van der Waals surface area contributed by atoms with E-state index in [-0.39, 0.29) is 0 Å². The Morgan fingerprint density at radius 2 is 2.07 bits per heavy atom. The van der Waals surface area contributed by atoms with E-state index in [2.05, 4.69) is 22.4 Å². The van der Waals surface area contributed by atoms with Crippen molar-refractivity contribution in [1.82, 2.24) is 4.98 Å². The molecule has 15 heavy (non-hydrogen) atoms. The van der Waals surface area contributed by atoms with Crippen molar-refractivity contribution in [1.29, 1.82) is 0 Å². The molecule has 3 nitrogen and oxygen atoms in total. The van der Waals surface area contributed by atoms with Gasteiger partial charge >= 0.3 is 0 Å². The molecule has 0 saturated carbocycles. The summed E-state index contributed by atoms with van der Waals surface area (Å²) in [7, 11) is 0. The van der Waals surface area contributed by atoms with E-state index >= 15 is 0 Å². The summed E-state index contributed by atoms with van der Waals surface area (Å²) in [6.07, 6.45) is 2.79. The van der Waals surface area contributed by atoms with Crippen LogP contribution in [-0.2, 0) is 0 Å². The molecule has 0 unspecified atom stereocenters. The number of hydrogen-bond donors (Lipinski definition) is 2. The van der Waals surface area contributed by atoms with Crippen molar-refractivity contribution in [3.63, 3.8) is 0 Å². The van der Waals surface area contributed by atoms with E-state index < -0.39 is 0 Å². The van der Waals surface area contributed by atoms with Gasteiger partial charge in [0.1, 0.15) is 0 Å². The van der Waals surface area contributed by atoms with Crippen LogP contribution in [0.3, 0.4) is 0 Å². The fraction of sp³-hybridized carbons (Fsp3) is 0.250. The molecular formula is C12H15N3. The maximum Gasteiger partial charge on any atom is 0.0933 e. The summed E-state index contributed by atoms with van der Waals surface area (Å²) in [5.41, 5.74) is 7.56. The van der Waals surface area contributed by atoms with Crippen LogP contribution in [0, 0.1) is 0 Å². The first-order valence-electron chi connectivity index (χ1n) is 5.19. The van der Waals surface area contributed by atoms with E-state index in [0.717, 1.165) is 29.6 Å². The quantitative estimate of drug-likeness (QED) is 0.744. The van der Waals surface area contributed by atoms with Gasteiger partial charge in [0, 0.05) is 18.1 Å². The summed E-state index contributed by atoms with van der Waals surface area (Å²) in [6.45, 7) is 1.61. The third-order valence-electron chi connectivity index (χ3n) is 2.33. The van der Waals surface area contributed by atoms with Crippen LogP contribution < -0.4 is 11.1 Å². The Kier molecular flexibility index (Phi) is 3.15. The summed E-state index contributed by atoms with van der Waals surface area (Å²) in [5, 5.41) is 4.51. The fourth-order valence-electron chi connectivity index (χ4n) is 1.57. The topological polar surface area (TPSA) is 50.9 Å². The molecule has 0 radical (unpaired) electrons. The van der Waals surface area contributed by atoms with Gasteiger partial charge in [-0.15, -0.1) is 0 Å². The lowest BCUT2D eigenvalue weighted by molar-refractivity contribution is 0.875. The molecule has 1 aromatic heterocycles. The molecule has 0 spiro atoms. The number of anilines is 1. The van der Waals surface area contributed by atoms with Gasteiger partial charge in [0.05, 0.1) is 11.2 Å². The van der Waals surface area contributed by atoms with Gasteiger partial charge in [-0.1, -0.05) is 18.2 Å². The first-order chi connectivity index (χ1) is 7.42. The predicted molar refractivity (Wildman–Crippen MR) is 63.9 cm³/mol. The molecule has 0 saturated heterocycles. The standard InChI is InChI=1S/C12H15N3/c13-7-3-9-14-11-6-1-4-10-5-2-8-15-12(10)11/h1-2,4-6,8,14H,3,7,9,13H2. The highest BCUT2D eigenvalue weighted by molar-refractivity contribution is 5.90. The van der Waals surface area contributed by atoms with Gasteiger partial charge in [0.2, 0.25) is 0 Å². The van der Waals surface area contributed by atoms with Crippen molar-refractivity contribution >= 4 is 16.6 Å². The van der Waals surface area contributed by atoms with Crippen LogP contribution in [0.4, 0.5) is 5.69 Å². The zero-order valence-electron chi connectivity index (χ0n) is 8.61. The molecule has 3 N–H and O–H groups in total. The van der Waals surface area contributed by atoms with Crippen molar-refractivity contribution < 1.29 is 0 Å². The van der Waals surface area contributed by atoms with E-state index in [0.29, 0.717) is 6.54 Å². The summed E-state index contributed by atoms with van der Waals surface area (Å²) in [4.78, 5) is 4.37. The van der Waals surface area contributed by atoms with Gasteiger partial charge in [-0.3, -0.25) is 4.98 Å². The van der Waals surface area contributed by atoms with E-state index in [4.69, 9.17) is 5.73 Å². The molecule has 0 aliphatic carbocycles. The van der Waals surface area contributed by atoms with Gasteiger partial charge in [0.25, 0.3) is 0 Å². The number of pyridine rings is 1. The van der Waals surface area contributed by atoms with Crippen molar-refractivity contribution in [3.8, 4) is 0 Å². The molecule has 3 heteroatoms. The molecule has 78 valence electrons. The zero-order valence-corrected chi connectivity index (χ0v) is 8.61. The minimum Gasteiger partial charge on any atom is -0.383 e. The molecule has 0 amide bonds. The van der Waals surface area contributed by atoms with Gasteiger partial charge in [-0.25, -0.2) is 0 Å². The predicted octanol–water partition coefficient (Wildman–Crippen LogP) is 2.00. The minimum atomic E-state index is 0.713. The van der Waals surface area contributed by atoms with Crippen molar-refractivity contribution in [2.75, 3.05) is 18.4 Å². The monoisotopic (exact) mass is 201 g/mol. The second-order valence-electron chi connectivity index (χ2n) is 3.45. The number of fused-ring (bicyclic) bond motifs is 1. The molecular weight excluding hydrogens is 186 g/mol. The number of hydrogen-bond acceptors (Lipinski definition) is 3. The molecule has 2 rings (SSSR count). The lowest BCUT2D eigenvalue weighted by Gasteiger charge is -2.07. The molecule has 0 atom stereocenters. The first-order valence-corrected chi connectivity index (χ1v) is 5.19. The number of nitrogens with two attached hydrogens (primary N) is 1. The number of rotatable bonds is 4. The summed E-state index contributed by atoms with van der Waals surface area (Å²) >= 11 is 0. The van der Waals surface area contributed by atoms with E-state index in [1.165, 1.54) is 0 Å². The largest absolute Gasteiger partial charge is 0.383 e. The van der Waals surface area contributed by atoms with Crippen LogP contribution >= 0.6 is 0 Å². The normalized spacial score (nSPS) is 10.5. The van der Waals surface area contributed by atoms with E-state index in [1.807, 2.05) is 24.4 Å². The molecule has 0 aliphatic rings. The van der Waals surface area contributed by atoms with Crippen molar-refractivity contribution in [2.24, 2.45) is 5.73 Å². The lowest BCUT2D eigenvalue weighted by atomic mass is 10.2. The third-order valence-corrected chi connectivity index (χ3v) is 2.33. The summed E-state index contributed by atoms with van der Waals surface area (Å²) < 4.78 is 0. The number of benzene rings is 1. The molecule has 1 heterocycles. The lowest BCUT2D eigenvalue weighted by Crippen LogP contribution is -2.08. The van der Waals surface area contributed by atoms with Gasteiger partial charge in [0.15, 0.2) is 0 Å². The van der Waals surface area contributed by atoms with Crippen LogP contribution in [0.2, 0.25) is 0 Å². The van der Waals surface area contributed by atoms with Gasteiger partial charge < -0.3 is 11.1 Å². The second-order valence-corrected chi connectivity index (χ2v) is 3.45. The highest BCUT2D eigenvalue weighted by Gasteiger charge is 1.99. The molecule has 0 fully saturated rings. The van der Waals surface area contributed by atoms with Crippen LogP contribution in [0.5, 0.6) is 0 Å². The molecule has 0 bridgehead atoms. The number of nitrogens with zero attached hydrogens (tertiary/aromatic N) is 1. The highest BCUT2D eigenvalue weighted by atomic mass is 14.9. The molecule has 2 aromatic rings. The smallest absolute Gasteiger partial charge is 0.0933 e. The van der Waals surface area contributed by atoms with Crippen LogP contribution in [0.1, 0.15) is 6.42 Å². The van der Waals surface area contributed by atoms with Crippen LogP contribution in [0.15, 0.2) is 36.5 Å². The number of aromatic nitrogens is 1. The molecule has 1 aromatic carbocycles. The van der Waals surface area contributed by atoms with E-state index in [9.17, 15) is 0 Å². The van der Waals surface area contributed by atoms with Crippen LogP contribution in [-0.4, -0.2) is 18.1 Å². The van der Waals surface area contributed by atoms with Gasteiger partial charge in [-0.2, -0.15) is 0 Å². The van der Waals surface area contributed by atoms with Crippen molar-refractivity contribution in [2.45, 2.75) is 6.42 Å². The number of para-hydroxylation sites is 1. The van der Waals surface area contributed by atoms with Crippen LogP contribution in [0.25, 0.3) is 10.9 Å². The Bertz CT molecular complexity index is 434. The molecule has 0 aliphatic heterocycles. The Balaban J connectivity index is 2.26. The highest BCUT2D eigenvalue weighted by Crippen LogP contribution is 2.20. The zero-order chi connectivity index (χ0) is 10.5. The van der Waals surface area contributed by atoms with Gasteiger partial charge in [-0.05, 0) is 25.1 Å². The Morgan fingerprint density at radius 1 is 1.20 bits per heavy atom. The Morgan fingerprint density at radius 3 is 2.93 bits per heavy atom. The average Bonchev–Trinajstić information content (AvgIpc) is 2.30. The Hall–Kier alpha value is -1.61. The minimum absolute atomic E-state index is 0.713. The average molecular weight is 201 g/mol. The summed E-state index contributed by atoms with van der Waals surface area (Å²) in [5.74, 6) is 0. The Labute approximate surface area is 89.3 Å². The van der Waals surface area contributed by atoms with E-state index in [1.54, 1.807) is 0 Å². The third kappa shape index (κ3) is 2.25. The second kappa shape index (κ2) is 4.75. The fourth-order valence-corrected chi connectivity index (χ4v) is 1.57. The first kappa shape index (κ1) is 9.93. The summed E-state index contributed by atoms with van der Waals surface area (Å²) in [6, 6.07) is 10.2. The van der Waals surface area contributed by atoms with Crippen molar-refractivity contribution in [3.05, 3.63) is 36.5 Å². The number of nitrogens with one attached hydrogen (secondary N) is 1. The SMILES string of the molecule is NCCCNc1cccc2cccnc12.